The number of nitrogens with zero attached hydrogens (tertiary/aromatic N) is 2. The number of non-ortho nitro benzene ring substituents is 1. The minimum absolute atomic E-state index is 0.0382. The lowest BCUT2D eigenvalue weighted by Gasteiger charge is -2.26. The molecule has 1 aliphatic heterocycles. The lowest BCUT2D eigenvalue weighted by molar-refractivity contribution is -0.384. The smallest absolute Gasteiger partial charge is 0.270 e. The van der Waals surface area contributed by atoms with Gasteiger partial charge in [-0.3, -0.25) is 14.9 Å². The van der Waals surface area contributed by atoms with Crippen molar-refractivity contribution in [2.24, 2.45) is 0 Å². The third-order valence-corrected chi connectivity index (χ3v) is 8.35. The van der Waals surface area contributed by atoms with Crippen LogP contribution in [0.15, 0.2) is 47.4 Å². The topological polar surface area (TPSA) is 110 Å². The van der Waals surface area contributed by atoms with E-state index in [0.717, 1.165) is 29.5 Å². The Bertz CT molecular complexity index is 1280. The van der Waals surface area contributed by atoms with E-state index in [4.69, 9.17) is 0 Å². The molecule has 1 aromatic heterocycles. The molecule has 8 nitrogen and oxygen atoms in total. The third kappa shape index (κ3) is 4.32. The molecule has 0 radical (unpaired) electrons. The van der Waals surface area contributed by atoms with Crippen molar-refractivity contribution in [1.82, 2.24) is 4.31 Å². The van der Waals surface area contributed by atoms with Crippen molar-refractivity contribution in [3.8, 4) is 0 Å². The Hall–Kier alpha value is -2.82. The van der Waals surface area contributed by atoms with Crippen LogP contribution in [0.2, 0.25) is 0 Å². The molecule has 1 fully saturated rings. The van der Waals surface area contributed by atoms with E-state index in [1.165, 1.54) is 33.8 Å². The van der Waals surface area contributed by atoms with Gasteiger partial charge in [-0.2, -0.15) is 4.31 Å². The predicted octanol–water partition coefficient (Wildman–Crippen LogP) is 4.54. The lowest BCUT2D eigenvalue weighted by atomic mass is 10.2. The van der Waals surface area contributed by atoms with Gasteiger partial charge in [0.25, 0.3) is 11.6 Å². The normalized spacial score (nSPS) is 15.1. The summed E-state index contributed by atoms with van der Waals surface area (Å²) in [4.78, 5) is 23.9. The number of fused-ring (bicyclic) bond motifs is 1. The zero-order valence-electron chi connectivity index (χ0n) is 16.8. The second-order valence-corrected chi connectivity index (χ2v) is 10.5. The predicted molar refractivity (Wildman–Crippen MR) is 120 cm³/mol. The third-order valence-electron chi connectivity index (χ3n) is 5.34. The molecule has 2 aromatic carbocycles. The maximum atomic E-state index is 13.0. The van der Waals surface area contributed by atoms with Crippen LogP contribution in [-0.2, 0) is 10.0 Å². The number of rotatable bonds is 5. The average Bonchev–Trinajstić information content (AvgIpc) is 3.19. The Labute approximate surface area is 183 Å². The first-order chi connectivity index (χ1) is 14.8. The van der Waals surface area contributed by atoms with Gasteiger partial charge >= 0.3 is 0 Å². The molecule has 0 bridgehead atoms. The van der Waals surface area contributed by atoms with Gasteiger partial charge in [-0.25, -0.2) is 8.42 Å². The number of nitrogens with one attached hydrogen (secondary N) is 1. The van der Waals surface area contributed by atoms with Crippen LogP contribution >= 0.6 is 11.3 Å². The Balaban J connectivity index is 1.60. The molecule has 1 amide bonds. The Morgan fingerprint density at radius 2 is 1.84 bits per heavy atom. The molecule has 0 atom stereocenters. The number of anilines is 1. The fourth-order valence-electron chi connectivity index (χ4n) is 3.59. The number of hydrogen-bond donors (Lipinski definition) is 1. The molecule has 0 aliphatic carbocycles. The Morgan fingerprint density at radius 1 is 1.10 bits per heavy atom. The van der Waals surface area contributed by atoms with Gasteiger partial charge in [0.1, 0.15) is 0 Å². The number of carbonyl (C=O) groups excluding carboxylic acids is 1. The first kappa shape index (κ1) is 21.4. The number of aryl methyl sites for hydroxylation is 1. The van der Waals surface area contributed by atoms with Gasteiger partial charge in [0.15, 0.2) is 0 Å². The highest BCUT2D eigenvalue weighted by Crippen LogP contribution is 2.30. The lowest BCUT2D eigenvalue weighted by Crippen LogP contribution is -2.35. The molecule has 3 aromatic rings. The van der Waals surface area contributed by atoms with E-state index < -0.39 is 14.9 Å². The van der Waals surface area contributed by atoms with Crippen LogP contribution < -0.4 is 5.32 Å². The molecule has 1 N–H and O–H groups in total. The molecule has 162 valence electrons. The van der Waals surface area contributed by atoms with Gasteiger partial charge in [0.05, 0.1) is 14.7 Å². The minimum atomic E-state index is -3.61. The summed E-state index contributed by atoms with van der Waals surface area (Å²) in [7, 11) is -3.61. The van der Waals surface area contributed by atoms with Gasteiger partial charge in [0.2, 0.25) is 10.0 Å². The molecule has 0 unspecified atom stereocenters. The number of sulfonamides is 1. The summed E-state index contributed by atoms with van der Waals surface area (Å²) in [5.74, 6) is -0.389. The van der Waals surface area contributed by atoms with Gasteiger partial charge < -0.3 is 5.32 Å². The van der Waals surface area contributed by atoms with Crippen molar-refractivity contribution in [3.63, 3.8) is 0 Å². The minimum Gasteiger partial charge on any atom is -0.321 e. The largest absolute Gasteiger partial charge is 0.321 e. The molecular weight excluding hydrogens is 438 g/mol. The molecule has 2 heterocycles. The molecule has 1 saturated heterocycles. The molecule has 31 heavy (non-hydrogen) atoms. The second-order valence-electron chi connectivity index (χ2n) is 7.49. The van der Waals surface area contributed by atoms with Crippen LogP contribution in [-0.4, -0.2) is 36.6 Å². The van der Waals surface area contributed by atoms with Crippen molar-refractivity contribution < 1.29 is 18.1 Å². The highest BCUT2D eigenvalue weighted by atomic mass is 32.2. The fraction of sp³-hybridized carbons (Fsp3) is 0.286. The monoisotopic (exact) mass is 459 g/mol. The van der Waals surface area contributed by atoms with Crippen LogP contribution in [0.4, 0.5) is 11.4 Å². The summed E-state index contributed by atoms with van der Waals surface area (Å²) in [6.07, 6.45) is 2.72. The fourth-order valence-corrected chi connectivity index (χ4v) is 6.07. The standard InChI is InChI=1S/C21H21N3O5S2/c1-14-5-7-17(31(28,29)23-9-3-2-4-10-23)13-18(14)22-21(25)20-12-15-11-16(24(26)27)6-8-19(15)30-20/h5-8,11-13H,2-4,9-10H2,1H3,(H,22,25). The summed E-state index contributed by atoms with van der Waals surface area (Å²) in [6.45, 7) is 2.80. The zero-order valence-corrected chi connectivity index (χ0v) is 18.5. The number of thiophene rings is 1. The number of hydrogen-bond acceptors (Lipinski definition) is 6. The number of carbonyl (C=O) groups is 1. The van der Waals surface area contributed by atoms with E-state index in [9.17, 15) is 23.3 Å². The van der Waals surface area contributed by atoms with Crippen molar-refractivity contribution in [1.29, 1.82) is 0 Å². The van der Waals surface area contributed by atoms with Crippen molar-refractivity contribution in [2.75, 3.05) is 18.4 Å². The van der Waals surface area contributed by atoms with E-state index in [0.29, 0.717) is 29.0 Å². The summed E-state index contributed by atoms with van der Waals surface area (Å²) in [6, 6.07) is 10.8. The van der Waals surface area contributed by atoms with Crippen LogP contribution in [0, 0.1) is 17.0 Å². The van der Waals surface area contributed by atoms with E-state index in [1.54, 1.807) is 31.2 Å². The number of amides is 1. The number of benzene rings is 2. The Kier molecular flexibility index (Phi) is 5.78. The quantitative estimate of drug-likeness (QED) is 0.445. The summed E-state index contributed by atoms with van der Waals surface area (Å²) in [5, 5.41) is 14.4. The van der Waals surface area contributed by atoms with E-state index in [1.807, 2.05) is 0 Å². The molecule has 10 heteroatoms. The maximum absolute atomic E-state index is 13.0. The van der Waals surface area contributed by atoms with Crippen LogP contribution in [0.25, 0.3) is 10.1 Å². The highest BCUT2D eigenvalue weighted by molar-refractivity contribution is 7.89. The molecule has 4 rings (SSSR count). The van der Waals surface area contributed by atoms with Crippen LogP contribution in [0.3, 0.4) is 0 Å². The van der Waals surface area contributed by atoms with E-state index >= 15 is 0 Å². The molecule has 0 spiro atoms. The summed E-state index contributed by atoms with van der Waals surface area (Å²) >= 11 is 1.22. The van der Waals surface area contributed by atoms with Gasteiger partial charge in [-0.05, 0) is 49.6 Å². The van der Waals surface area contributed by atoms with E-state index in [-0.39, 0.29) is 16.5 Å². The van der Waals surface area contributed by atoms with Gasteiger partial charge in [-0.1, -0.05) is 12.5 Å². The first-order valence-electron chi connectivity index (χ1n) is 9.86. The van der Waals surface area contributed by atoms with Gasteiger partial charge in [-0.15, -0.1) is 11.3 Å². The van der Waals surface area contributed by atoms with Crippen LogP contribution in [0.1, 0.15) is 34.5 Å². The van der Waals surface area contributed by atoms with Crippen molar-refractivity contribution in [3.05, 3.63) is 63.0 Å². The van der Waals surface area contributed by atoms with Crippen molar-refractivity contribution in [2.45, 2.75) is 31.1 Å². The number of piperidine rings is 1. The maximum Gasteiger partial charge on any atom is 0.270 e. The highest BCUT2D eigenvalue weighted by Gasteiger charge is 2.26. The summed E-state index contributed by atoms with van der Waals surface area (Å²) in [5.41, 5.74) is 1.12. The second kappa shape index (κ2) is 8.37. The summed E-state index contributed by atoms with van der Waals surface area (Å²) < 4.78 is 28.2. The first-order valence-corrected chi connectivity index (χ1v) is 12.1. The number of nitro groups is 1. The van der Waals surface area contributed by atoms with Gasteiger partial charge in [0, 0.05) is 41.0 Å². The molecular formula is C21H21N3O5S2. The number of nitro benzene ring substituents is 1. The van der Waals surface area contributed by atoms with E-state index in [2.05, 4.69) is 5.32 Å². The average molecular weight is 460 g/mol. The van der Waals surface area contributed by atoms with Crippen molar-refractivity contribution >= 4 is 48.7 Å². The Morgan fingerprint density at radius 3 is 2.55 bits per heavy atom. The zero-order chi connectivity index (χ0) is 22.2. The van der Waals surface area contributed by atoms with Crippen LogP contribution in [0.5, 0.6) is 0 Å². The molecule has 1 aliphatic rings. The SMILES string of the molecule is Cc1ccc(S(=O)(=O)N2CCCCC2)cc1NC(=O)c1cc2cc([N+](=O)[O-])ccc2s1. The molecule has 0 saturated carbocycles.